The molecule has 2 amide bonds. The lowest BCUT2D eigenvalue weighted by Crippen LogP contribution is -2.37. The molecule has 2 heterocycles. The number of carbonyl (C=O) groups is 2. The molecular weight excluding hydrogens is 278 g/mol. The van der Waals surface area contributed by atoms with E-state index in [1.54, 1.807) is 0 Å². The topological polar surface area (TPSA) is 61.4 Å². The third-order valence-corrected chi connectivity index (χ3v) is 5.70. The highest BCUT2D eigenvalue weighted by Gasteiger charge is 2.57. The van der Waals surface area contributed by atoms with Gasteiger partial charge in [-0.1, -0.05) is 12.8 Å². The number of hydrogen-bond donors (Lipinski definition) is 2. The second-order valence-corrected chi connectivity index (χ2v) is 7.21. The summed E-state index contributed by atoms with van der Waals surface area (Å²) in [7, 11) is 0. The van der Waals surface area contributed by atoms with Gasteiger partial charge in [-0.25, -0.2) is 0 Å². The number of piperidine rings is 1. The lowest BCUT2D eigenvalue weighted by molar-refractivity contribution is -0.131. The second kappa shape index (κ2) is 6.99. The van der Waals surface area contributed by atoms with E-state index in [1.807, 2.05) is 4.90 Å². The van der Waals surface area contributed by atoms with Gasteiger partial charge in [-0.2, -0.15) is 0 Å². The summed E-state index contributed by atoms with van der Waals surface area (Å²) < 4.78 is 0. The number of likely N-dealkylation sites (tertiary alicyclic amines) is 1. The molecule has 1 spiro atoms. The summed E-state index contributed by atoms with van der Waals surface area (Å²) in [6, 6.07) is 0. The van der Waals surface area contributed by atoms with E-state index in [-0.39, 0.29) is 23.1 Å². The molecule has 3 aliphatic rings. The van der Waals surface area contributed by atoms with Crippen LogP contribution < -0.4 is 10.6 Å². The zero-order chi connectivity index (χ0) is 15.4. The first kappa shape index (κ1) is 15.8. The molecule has 2 aliphatic heterocycles. The first-order chi connectivity index (χ1) is 10.7. The van der Waals surface area contributed by atoms with Gasteiger partial charge in [-0.3, -0.25) is 9.59 Å². The Kier molecular flexibility index (Phi) is 5.01. The van der Waals surface area contributed by atoms with E-state index >= 15 is 0 Å². The SMILES string of the molecule is O=C(NCCC(=O)N1CCCCCC1)C1CC12CCNCC2. The van der Waals surface area contributed by atoms with Gasteiger partial charge in [-0.15, -0.1) is 0 Å². The normalized spacial score (nSPS) is 27.3. The minimum absolute atomic E-state index is 0.172. The van der Waals surface area contributed by atoms with Gasteiger partial charge >= 0.3 is 0 Å². The van der Waals surface area contributed by atoms with Crippen LogP contribution in [0, 0.1) is 11.3 Å². The van der Waals surface area contributed by atoms with E-state index in [9.17, 15) is 9.59 Å². The van der Waals surface area contributed by atoms with E-state index in [0.717, 1.165) is 58.3 Å². The van der Waals surface area contributed by atoms with E-state index in [4.69, 9.17) is 0 Å². The smallest absolute Gasteiger partial charge is 0.224 e. The standard InChI is InChI=1S/C17H29N3O2/c21-15(20-11-3-1-2-4-12-20)5-8-19-16(22)14-13-17(14)6-9-18-10-7-17/h14,18H,1-13H2,(H,19,22). The fraction of sp³-hybridized carbons (Fsp3) is 0.882. The molecule has 0 aromatic heterocycles. The van der Waals surface area contributed by atoms with Crippen LogP contribution in [0.4, 0.5) is 0 Å². The maximum Gasteiger partial charge on any atom is 0.224 e. The number of rotatable bonds is 4. The highest BCUT2D eigenvalue weighted by atomic mass is 16.2. The molecule has 2 N–H and O–H groups in total. The van der Waals surface area contributed by atoms with E-state index in [1.165, 1.54) is 12.8 Å². The molecule has 3 fully saturated rings. The zero-order valence-corrected chi connectivity index (χ0v) is 13.5. The molecule has 124 valence electrons. The van der Waals surface area contributed by atoms with Crippen molar-refractivity contribution in [2.45, 2.75) is 51.4 Å². The third-order valence-electron chi connectivity index (χ3n) is 5.70. The number of hydrogen-bond acceptors (Lipinski definition) is 3. The fourth-order valence-corrected chi connectivity index (χ4v) is 4.09. The van der Waals surface area contributed by atoms with Crippen LogP contribution in [0.3, 0.4) is 0 Å². The van der Waals surface area contributed by atoms with Crippen molar-refractivity contribution >= 4 is 11.8 Å². The number of nitrogens with one attached hydrogen (secondary N) is 2. The maximum absolute atomic E-state index is 12.2. The summed E-state index contributed by atoms with van der Waals surface area (Å²) in [5.41, 5.74) is 0.282. The van der Waals surface area contributed by atoms with Crippen molar-refractivity contribution in [2.24, 2.45) is 11.3 Å². The van der Waals surface area contributed by atoms with Gasteiger partial charge in [0.1, 0.15) is 0 Å². The molecule has 1 saturated carbocycles. The van der Waals surface area contributed by atoms with Crippen molar-refractivity contribution < 1.29 is 9.59 Å². The number of amides is 2. The van der Waals surface area contributed by atoms with Crippen LogP contribution in [0.15, 0.2) is 0 Å². The van der Waals surface area contributed by atoms with Crippen LogP contribution in [-0.4, -0.2) is 49.4 Å². The van der Waals surface area contributed by atoms with Gasteiger partial charge in [0.05, 0.1) is 0 Å². The quantitative estimate of drug-likeness (QED) is 0.822. The first-order valence-electron chi connectivity index (χ1n) is 8.97. The summed E-state index contributed by atoms with van der Waals surface area (Å²) in [6.07, 6.45) is 8.45. The van der Waals surface area contributed by atoms with E-state index < -0.39 is 0 Å². The van der Waals surface area contributed by atoms with Gasteiger partial charge in [0.25, 0.3) is 0 Å². The Morgan fingerprint density at radius 3 is 2.45 bits per heavy atom. The van der Waals surface area contributed by atoms with Gasteiger partial charge < -0.3 is 15.5 Å². The average molecular weight is 307 g/mol. The summed E-state index contributed by atoms with van der Waals surface area (Å²) in [5, 5.41) is 6.35. The predicted molar refractivity (Wildman–Crippen MR) is 85.3 cm³/mol. The monoisotopic (exact) mass is 307 g/mol. The molecule has 5 heteroatoms. The van der Waals surface area contributed by atoms with Gasteiger partial charge in [-0.05, 0) is 50.6 Å². The fourth-order valence-electron chi connectivity index (χ4n) is 4.09. The Balaban J connectivity index is 1.36. The highest BCUT2D eigenvalue weighted by molar-refractivity contribution is 5.83. The Morgan fingerprint density at radius 2 is 1.77 bits per heavy atom. The minimum atomic E-state index is 0.172. The molecule has 1 aliphatic carbocycles. The molecule has 3 rings (SSSR count). The lowest BCUT2D eigenvalue weighted by atomic mass is 9.92. The van der Waals surface area contributed by atoms with Crippen molar-refractivity contribution in [3.63, 3.8) is 0 Å². The van der Waals surface area contributed by atoms with Gasteiger partial charge in [0.15, 0.2) is 0 Å². The Hall–Kier alpha value is -1.10. The molecule has 1 atom stereocenters. The van der Waals surface area contributed by atoms with Crippen LogP contribution in [0.25, 0.3) is 0 Å². The van der Waals surface area contributed by atoms with E-state index in [0.29, 0.717) is 13.0 Å². The third kappa shape index (κ3) is 3.62. The molecule has 5 nitrogen and oxygen atoms in total. The number of carbonyl (C=O) groups excluding carboxylic acids is 2. The summed E-state index contributed by atoms with van der Waals surface area (Å²) >= 11 is 0. The predicted octanol–water partition coefficient (Wildman–Crippen LogP) is 1.28. The second-order valence-electron chi connectivity index (χ2n) is 7.21. The molecule has 1 unspecified atom stereocenters. The molecule has 0 aromatic carbocycles. The number of nitrogens with zero attached hydrogens (tertiary/aromatic N) is 1. The van der Waals surface area contributed by atoms with Crippen molar-refractivity contribution in [1.29, 1.82) is 0 Å². The van der Waals surface area contributed by atoms with Crippen LogP contribution in [0.1, 0.15) is 51.4 Å². The Morgan fingerprint density at radius 1 is 1.09 bits per heavy atom. The van der Waals surface area contributed by atoms with Crippen molar-refractivity contribution in [1.82, 2.24) is 15.5 Å². The van der Waals surface area contributed by atoms with E-state index in [2.05, 4.69) is 10.6 Å². The molecule has 22 heavy (non-hydrogen) atoms. The summed E-state index contributed by atoms with van der Waals surface area (Å²) in [6.45, 7) is 4.37. The Bertz CT molecular complexity index is 410. The minimum Gasteiger partial charge on any atom is -0.355 e. The van der Waals surface area contributed by atoms with Crippen LogP contribution in [0.2, 0.25) is 0 Å². The molecule has 0 aromatic rings. The van der Waals surface area contributed by atoms with Crippen molar-refractivity contribution in [2.75, 3.05) is 32.7 Å². The van der Waals surface area contributed by atoms with Crippen molar-refractivity contribution in [3.8, 4) is 0 Å². The molecule has 0 bridgehead atoms. The van der Waals surface area contributed by atoms with Gasteiger partial charge in [0.2, 0.25) is 11.8 Å². The van der Waals surface area contributed by atoms with Crippen molar-refractivity contribution in [3.05, 3.63) is 0 Å². The molecule has 2 saturated heterocycles. The summed E-state index contributed by atoms with van der Waals surface area (Å²) in [4.78, 5) is 26.4. The first-order valence-corrected chi connectivity index (χ1v) is 8.97. The summed E-state index contributed by atoms with van der Waals surface area (Å²) in [5.74, 6) is 0.572. The molecule has 0 radical (unpaired) electrons. The van der Waals surface area contributed by atoms with Crippen LogP contribution in [0.5, 0.6) is 0 Å². The molecular formula is C17H29N3O2. The maximum atomic E-state index is 12.2. The Labute approximate surface area is 133 Å². The largest absolute Gasteiger partial charge is 0.355 e. The zero-order valence-electron chi connectivity index (χ0n) is 13.5. The highest BCUT2D eigenvalue weighted by Crippen LogP contribution is 2.58. The van der Waals surface area contributed by atoms with Crippen LogP contribution in [-0.2, 0) is 9.59 Å². The lowest BCUT2D eigenvalue weighted by Gasteiger charge is -2.23. The van der Waals surface area contributed by atoms with Gasteiger partial charge in [0, 0.05) is 32.0 Å². The average Bonchev–Trinajstić information content (AvgIpc) is 3.27. The van der Waals surface area contributed by atoms with Crippen LogP contribution >= 0.6 is 0 Å².